The van der Waals surface area contributed by atoms with Gasteiger partial charge in [-0.05, 0) is 30.2 Å². The molecule has 106 valence electrons. The van der Waals surface area contributed by atoms with E-state index in [4.69, 9.17) is 11.6 Å². The van der Waals surface area contributed by atoms with Crippen LogP contribution in [0, 0.1) is 0 Å². The van der Waals surface area contributed by atoms with Crippen LogP contribution in [0.3, 0.4) is 0 Å². The van der Waals surface area contributed by atoms with Gasteiger partial charge in [-0.25, -0.2) is 0 Å². The van der Waals surface area contributed by atoms with Crippen LogP contribution in [0.4, 0.5) is 5.69 Å². The van der Waals surface area contributed by atoms with Gasteiger partial charge in [0.25, 0.3) is 0 Å². The summed E-state index contributed by atoms with van der Waals surface area (Å²) in [5, 5.41) is 2.97. The zero-order valence-electron chi connectivity index (χ0n) is 11.2. The van der Waals surface area contributed by atoms with Crippen LogP contribution in [0.25, 0.3) is 0 Å². The predicted molar refractivity (Wildman–Crippen MR) is 89.9 cm³/mol. The Balaban J connectivity index is 1.80. The summed E-state index contributed by atoms with van der Waals surface area (Å²) >= 11 is 9.04. The number of rotatable bonds is 6. The van der Waals surface area contributed by atoms with E-state index in [1.807, 2.05) is 36.4 Å². The van der Waals surface area contributed by atoms with Gasteiger partial charge in [-0.1, -0.05) is 36.7 Å². The van der Waals surface area contributed by atoms with Crippen molar-refractivity contribution >= 4 is 46.3 Å². The van der Waals surface area contributed by atoms with E-state index in [0.29, 0.717) is 5.75 Å². The van der Waals surface area contributed by atoms with Gasteiger partial charge in [0, 0.05) is 16.3 Å². The second kappa shape index (κ2) is 7.72. The minimum atomic E-state index is 0.0403. The predicted octanol–water partition coefficient (Wildman–Crippen LogP) is 4.84. The van der Waals surface area contributed by atoms with Gasteiger partial charge in [-0.15, -0.1) is 23.1 Å². The summed E-state index contributed by atoms with van der Waals surface area (Å²) in [4.78, 5) is 13.1. The number of benzene rings is 1. The number of nitrogens with one attached hydrogen (secondary N) is 1. The van der Waals surface area contributed by atoms with Crippen molar-refractivity contribution < 1.29 is 4.79 Å². The van der Waals surface area contributed by atoms with Crippen molar-refractivity contribution in [3.05, 3.63) is 51.2 Å². The fourth-order valence-corrected chi connectivity index (χ4v) is 3.84. The lowest BCUT2D eigenvalue weighted by molar-refractivity contribution is -0.113. The van der Waals surface area contributed by atoms with Gasteiger partial charge in [0.15, 0.2) is 0 Å². The average molecular weight is 326 g/mol. The molecule has 2 rings (SSSR count). The van der Waals surface area contributed by atoms with E-state index in [-0.39, 0.29) is 5.91 Å². The van der Waals surface area contributed by atoms with Gasteiger partial charge in [-0.3, -0.25) is 4.79 Å². The van der Waals surface area contributed by atoms with Crippen molar-refractivity contribution in [2.45, 2.75) is 19.1 Å². The number of hydrogen-bond donors (Lipinski definition) is 1. The van der Waals surface area contributed by atoms with E-state index in [1.165, 1.54) is 4.88 Å². The topological polar surface area (TPSA) is 29.1 Å². The molecular weight excluding hydrogens is 310 g/mol. The van der Waals surface area contributed by atoms with Crippen LogP contribution < -0.4 is 5.32 Å². The third-order valence-corrected chi connectivity index (χ3v) is 5.17. The SMILES string of the molecule is CCc1ccccc1NC(=O)CSCc1ccc(Cl)s1. The lowest BCUT2D eigenvalue weighted by atomic mass is 10.1. The minimum Gasteiger partial charge on any atom is -0.325 e. The normalized spacial score (nSPS) is 10.5. The number of amides is 1. The average Bonchev–Trinajstić information content (AvgIpc) is 2.85. The lowest BCUT2D eigenvalue weighted by Gasteiger charge is -2.09. The highest BCUT2D eigenvalue weighted by molar-refractivity contribution is 7.99. The van der Waals surface area contributed by atoms with Crippen LogP contribution in [-0.4, -0.2) is 11.7 Å². The van der Waals surface area contributed by atoms with Gasteiger partial charge in [-0.2, -0.15) is 0 Å². The molecule has 1 N–H and O–H groups in total. The van der Waals surface area contributed by atoms with Gasteiger partial charge < -0.3 is 5.32 Å². The molecule has 0 atom stereocenters. The molecule has 1 heterocycles. The van der Waals surface area contributed by atoms with E-state index in [0.717, 1.165) is 27.8 Å². The van der Waals surface area contributed by atoms with E-state index in [2.05, 4.69) is 12.2 Å². The van der Waals surface area contributed by atoms with E-state index in [1.54, 1.807) is 23.1 Å². The monoisotopic (exact) mass is 325 g/mol. The fraction of sp³-hybridized carbons (Fsp3) is 0.267. The number of aryl methyl sites for hydroxylation is 1. The molecule has 0 aliphatic heterocycles. The van der Waals surface area contributed by atoms with Crippen molar-refractivity contribution in [3.8, 4) is 0 Å². The molecule has 2 aromatic rings. The zero-order valence-corrected chi connectivity index (χ0v) is 13.6. The largest absolute Gasteiger partial charge is 0.325 e. The van der Waals surface area contributed by atoms with Crippen LogP contribution in [0.15, 0.2) is 36.4 Å². The second-order valence-electron chi connectivity index (χ2n) is 4.26. The smallest absolute Gasteiger partial charge is 0.234 e. The number of thioether (sulfide) groups is 1. The van der Waals surface area contributed by atoms with Gasteiger partial charge in [0.2, 0.25) is 5.91 Å². The van der Waals surface area contributed by atoms with Crippen LogP contribution in [0.1, 0.15) is 17.4 Å². The number of halogens is 1. The quantitative estimate of drug-likeness (QED) is 0.823. The third kappa shape index (κ3) is 4.54. The number of thiophene rings is 1. The zero-order chi connectivity index (χ0) is 14.4. The molecule has 1 aromatic heterocycles. The van der Waals surface area contributed by atoms with Gasteiger partial charge in [0.05, 0.1) is 10.1 Å². The second-order valence-corrected chi connectivity index (χ2v) is 7.04. The Bertz CT molecular complexity index is 583. The molecule has 0 bridgehead atoms. The van der Waals surface area contributed by atoms with Crippen molar-refractivity contribution in [3.63, 3.8) is 0 Å². The first-order chi connectivity index (χ1) is 9.69. The molecule has 1 aromatic carbocycles. The molecular formula is C15H16ClNOS2. The number of para-hydroxylation sites is 1. The van der Waals surface area contributed by atoms with E-state index >= 15 is 0 Å². The summed E-state index contributed by atoms with van der Waals surface area (Å²) in [6.07, 6.45) is 0.914. The number of hydrogen-bond acceptors (Lipinski definition) is 3. The Labute approximate surface area is 132 Å². The van der Waals surface area contributed by atoms with Gasteiger partial charge >= 0.3 is 0 Å². The summed E-state index contributed by atoms with van der Waals surface area (Å²) < 4.78 is 0.793. The summed E-state index contributed by atoms with van der Waals surface area (Å²) in [5.41, 5.74) is 2.08. The molecule has 0 saturated carbocycles. The first-order valence-corrected chi connectivity index (χ1v) is 8.73. The van der Waals surface area contributed by atoms with Gasteiger partial charge in [0.1, 0.15) is 0 Å². The Hall–Kier alpha value is -0.970. The molecule has 20 heavy (non-hydrogen) atoms. The molecule has 5 heteroatoms. The molecule has 0 unspecified atom stereocenters. The molecule has 0 saturated heterocycles. The standard InChI is InChI=1S/C15H16ClNOS2/c1-2-11-5-3-4-6-13(11)17-15(18)10-19-9-12-7-8-14(16)20-12/h3-8H,2,9-10H2,1H3,(H,17,18). The maximum absolute atomic E-state index is 11.9. The first-order valence-electron chi connectivity index (χ1n) is 6.38. The van der Waals surface area contributed by atoms with Crippen LogP contribution in [-0.2, 0) is 17.0 Å². The maximum Gasteiger partial charge on any atom is 0.234 e. The molecule has 1 amide bonds. The number of carbonyl (C=O) groups excluding carboxylic acids is 1. The summed E-state index contributed by atoms with van der Waals surface area (Å²) in [6.45, 7) is 2.08. The maximum atomic E-state index is 11.9. The van der Waals surface area contributed by atoms with Crippen LogP contribution in [0.5, 0.6) is 0 Å². The highest BCUT2D eigenvalue weighted by atomic mass is 35.5. The summed E-state index contributed by atoms with van der Waals surface area (Å²) in [7, 11) is 0. The molecule has 0 fully saturated rings. The van der Waals surface area contributed by atoms with Crippen molar-refractivity contribution in [1.29, 1.82) is 0 Å². The molecule has 0 spiro atoms. The molecule has 0 aliphatic carbocycles. The first kappa shape index (κ1) is 15.4. The summed E-state index contributed by atoms with van der Waals surface area (Å²) in [5.74, 6) is 1.31. The highest BCUT2D eigenvalue weighted by Crippen LogP contribution is 2.25. The fourth-order valence-electron chi connectivity index (χ4n) is 1.81. The molecule has 0 radical (unpaired) electrons. The van der Waals surface area contributed by atoms with E-state index < -0.39 is 0 Å². The lowest BCUT2D eigenvalue weighted by Crippen LogP contribution is -2.15. The molecule has 0 aliphatic rings. The van der Waals surface area contributed by atoms with Crippen molar-refractivity contribution in [1.82, 2.24) is 0 Å². The minimum absolute atomic E-state index is 0.0403. The highest BCUT2D eigenvalue weighted by Gasteiger charge is 2.06. The summed E-state index contributed by atoms with van der Waals surface area (Å²) in [6, 6.07) is 11.8. The van der Waals surface area contributed by atoms with E-state index in [9.17, 15) is 4.79 Å². The molecule has 2 nitrogen and oxygen atoms in total. The Morgan fingerprint density at radius 1 is 1.30 bits per heavy atom. The Morgan fingerprint density at radius 2 is 2.10 bits per heavy atom. The number of carbonyl (C=O) groups is 1. The van der Waals surface area contributed by atoms with Crippen LogP contribution >= 0.6 is 34.7 Å². The third-order valence-electron chi connectivity index (χ3n) is 2.78. The number of anilines is 1. The Kier molecular flexibility index (Phi) is 5.95. The van der Waals surface area contributed by atoms with Crippen molar-refractivity contribution in [2.24, 2.45) is 0 Å². The Morgan fingerprint density at radius 3 is 2.80 bits per heavy atom. The van der Waals surface area contributed by atoms with Crippen LogP contribution in [0.2, 0.25) is 4.34 Å². The van der Waals surface area contributed by atoms with Crippen molar-refractivity contribution in [2.75, 3.05) is 11.1 Å².